The third-order valence-electron chi connectivity index (χ3n) is 5.26. The van der Waals surface area contributed by atoms with Gasteiger partial charge in [0.15, 0.2) is 5.82 Å². The van der Waals surface area contributed by atoms with Gasteiger partial charge in [-0.3, -0.25) is 9.20 Å². The van der Waals surface area contributed by atoms with E-state index < -0.39 is 17.6 Å². The summed E-state index contributed by atoms with van der Waals surface area (Å²) in [5.41, 5.74) is 7.80. The van der Waals surface area contributed by atoms with Crippen molar-refractivity contribution in [1.82, 2.24) is 24.6 Å². The molecule has 3 N–H and O–H groups in total. The third-order valence-corrected chi connectivity index (χ3v) is 5.54. The van der Waals surface area contributed by atoms with E-state index in [4.69, 9.17) is 22.1 Å². The number of aromatic nitrogens is 3. The number of likely N-dealkylation sites (N-methyl/N-ethyl adjacent to an activating group) is 1. The molecule has 0 bridgehead atoms. The van der Waals surface area contributed by atoms with Gasteiger partial charge in [0.2, 0.25) is 0 Å². The molecule has 0 radical (unpaired) electrons. The summed E-state index contributed by atoms with van der Waals surface area (Å²) < 4.78 is 23.0. The van der Waals surface area contributed by atoms with Crippen LogP contribution < -0.4 is 15.8 Å². The van der Waals surface area contributed by atoms with Crippen molar-refractivity contribution in [2.45, 2.75) is 39.7 Å². The number of nitrogens with zero attached hydrogens (tertiary/aromatic N) is 4. The minimum absolute atomic E-state index is 0.151. The number of benzene rings is 1. The Morgan fingerprint density at radius 1 is 1.36 bits per heavy atom. The summed E-state index contributed by atoms with van der Waals surface area (Å²) in [6.07, 6.45) is 3.05. The maximum absolute atomic E-state index is 15.2. The van der Waals surface area contributed by atoms with E-state index in [1.165, 1.54) is 6.07 Å². The number of rotatable bonds is 8. The van der Waals surface area contributed by atoms with Crippen LogP contribution in [0.25, 0.3) is 5.52 Å². The maximum atomic E-state index is 15.2. The highest BCUT2D eigenvalue weighted by Gasteiger charge is 2.29. The minimum Gasteiger partial charge on any atom is -0.490 e. The first kappa shape index (κ1) is 24.7. The largest absolute Gasteiger partial charge is 0.490 e. The van der Waals surface area contributed by atoms with Crippen LogP contribution in [-0.2, 0) is 0 Å². The fourth-order valence-electron chi connectivity index (χ4n) is 3.71. The van der Waals surface area contributed by atoms with E-state index >= 15 is 4.39 Å². The molecule has 0 aliphatic rings. The Morgan fingerprint density at radius 2 is 2.06 bits per heavy atom. The highest BCUT2D eigenvalue weighted by molar-refractivity contribution is 6.31. The van der Waals surface area contributed by atoms with Crippen molar-refractivity contribution in [3.8, 4) is 5.75 Å². The maximum Gasteiger partial charge on any atom is 0.258 e. The molecule has 2 aromatic heterocycles. The third kappa shape index (κ3) is 5.04. The van der Waals surface area contributed by atoms with Gasteiger partial charge in [-0.2, -0.15) is 0 Å². The first-order chi connectivity index (χ1) is 15.5. The molecule has 1 atom stereocenters. The number of nitrogens with one attached hydrogen (secondary N) is 1. The number of amides is 1. The van der Waals surface area contributed by atoms with Gasteiger partial charge < -0.3 is 20.7 Å². The lowest BCUT2D eigenvalue weighted by atomic mass is 9.95. The lowest BCUT2D eigenvalue weighted by molar-refractivity contribution is 0.0940. The van der Waals surface area contributed by atoms with Gasteiger partial charge in [-0.25, -0.2) is 14.4 Å². The molecular formula is C23H30ClFN6O2. The van der Waals surface area contributed by atoms with Crippen LogP contribution >= 0.6 is 11.6 Å². The Labute approximate surface area is 197 Å². The second-order valence-corrected chi connectivity index (χ2v) is 8.91. The van der Waals surface area contributed by atoms with E-state index in [1.807, 2.05) is 51.1 Å². The van der Waals surface area contributed by atoms with Crippen LogP contribution in [0, 0.1) is 12.7 Å². The predicted molar refractivity (Wildman–Crippen MR) is 128 cm³/mol. The summed E-state index contributed by atoms with van der Waals surface area (Å²) in [5.74, 6) is -0.641. The van der Waals surface area contributed by atoms with Crippen LogP contribution in [0.5, 0.6) is 5.75 Å². The highest BCUT2D eigenvalue weighted by Crippen LogP contribution is 2.39. The van der Waals surface area contributed by atoms with Gasteiger partial charge in [0, 0.05) is 37.0 Å². The van der Waals surface area contributed by atoms with E-state index in [0.717, 1.165) is 0 Å². The van der Waals surface area contributed by atoms with Crippen molar-refractivity contribution in [3.05, 3.63) is 51.9 Å². The molecular weight excluding hydrogens is 447 g/mol. The molecule has 0 spiro atoms. The lowest BCUT2D eigenvalue weighted by Gasteiger charge is -2.22. The lowest BCUT2D eigenvalue weighted by Crippen LogP contribution is -2.32. The molecule has 8 nitrogen and oxygen atoms in total. The van der Waals surface area contributed by atoms with Gasteiger partial charge in [0.1, 0.15) is 28.5 Å². The van der Waals surface area contributed by atoms with E-state index in [9.17, 15) is 4.79 Å². The van der Waals surface area contributed by atoms with Crippen LogP contribution in [0.1, 0.15) is 54.1 Å². The molecule has 0 unspecified atom stereocenters. The minimum atomic E-state index is -0.816. The van der Waals surface area contributed by atoms with E-state index in [-0.39, 0.29) is 22.4 Å². The molecule has 3 rings (SSSR count). The Bertz CT molecular complexity index is 1180. The van der Waals surface area contributed by atoms with Crippen molar-refractivity contribution >= 4 is 28.8 Å². The first-order valence-electron chi connectivity index (χ1n) is 10.7. The Balaban J connectivity index is 2.16. The summed E-state index contributed by atoms with van der Waals surface area (Å²) >= 11 is 6.26. The summed E-state index contributed by atoms with van der Waals surface area (Å²) in [5, 5.41) is 2.59. The van der Waals surface area contributed by atoms with E-state index in [2.05, 4.69) is 15.3 Å². The second-order valence-electron chi connectivity index (χ2n) is 8.50. The smallest absolute Gasteiger partial charge is 0.258 e. The van der Waals surface area contributed by atoms with Crippen molar-refractivity contribution in [3.63, 3.8) is 0 Å². The number of hydrogen-bond donors (Lipinski definition) is 2. The summed E-state index contributed by atoms with van der Waals surface area (Å²) in [7, 11) is 3.77. The number of anilines is 1. The number of halogens is 2. The zero-order chi connectivity index (χ0) is 24.4. The first-order valence-corrected chi connectivity index (χ1v) is 11.1. The number of nitrogen functional groups attached to an aromatic ring is 1. The Morgan fingerprint density at radius 3 is 2.70 bits per heavy atom. The molecule has 0 saturated carbocycles. The predicted octanol–water partition coefficient (Wildman–Crippen LogP) is 3.64. The van der Waals surface area contributed by atoms with Crippen molar-refractivity contribution in [2.75, 3.05) is 32.9 Å². The highest BCUT2D eigenvalue weighted by atomic mass is 35.5. The standard InChI is InChI=1S/C23H30ClFN6O2/c1-12(2)33-20-15(11-16(24)18(25)17(20)23(32)28-7-9-30(5)6)13(3)22-29-14(4)19-21(26)27-8-10-31(19)22/h8,10-13H,7,9H2,1-6H3,(H2,26,27)(H,28,32)/t13-/m0/s1. The molecule has 1 aromatic carbocycles. The summed E-state index contributed by atoms with van der Waals surface area (Å²) in [6.45, 7) is 8.32. The number of fused-ring (bicyclic) bond motifs is 1. The summed E-state index contributed by atoms with van der Waals surface area (Å²) in [4.78, 5) is 23.8. The van der Waals surface area contributed by atoms with E-state index in [0.29, 0.717) is 41.5 Å². The van der Waals surface area contributed by atoms with Crippen LogP contribution in [0.3, 0.4) is 0 Å². The number of carbonyl (C=O) groups is 1. The number of aryl methyl sites for hydroxylation is 1. The zero-order valence-electron chi connectivity index (χ0n) is 19.7. The van der Waals surface area contributed by atoms with Gasteiger partial charge in [0.05, 0.1) is 16.8 Å². The normalized spacial score (nSPS) is 12.5. The zero-order valence-corrected chi connectivity index (χ0v) is 20.5. The van der Waals surface area contributed by atoms with E-state index in [1.54, 1.807) is 12.4 Å². The van der Waals surface area contributed by atoms with Crippen molar-refractivity contribution in [2.24, 2.45) is 0 Å². The van der Waals surface area contributed by atoms with Crippen molar-refractivity contribution in [1.29, 1.82) is 0 Å². The monoisotopic (exact) mass is 476 g/mol. The SMILES string of the molecule is Cc1nc([C@@H](C)c2cc(Cl)c(F)c(C(=O)NCCN(C)C)c2OC(C)C)n2ccnc(N)c12. The fraction of sp³-hybridized carbons (Fsp3) is 0.435. The molecule has 0 aliphatic heterocycles. The van der Waals surface area contributed by atoms with Gasteiger partial charge >= 0.3 is 0 Å². The quantitative estimate of drug-likeness (QED) is 0.515. The second kappa shape index (κ2) is 9.93. The van der Waals surface area contributed by atoms with Gasteiger partial charge in [-0.15, -0.1) is 0 Å². The average Bonchev–Trinajstić information content (AvgIpc) is 3.07. The molecule has 0 saturated heterocycles. The fourth-order valence-corrected chi connectivity index (χ4v) is 3.92. The van der Waals surface area contributed by atoms with Crippen LogP contribution in [-0.4, -0.2) is 58.5 Å². The van der Waals surface area contributed by atoms with Crippen molar-refractivity contribution < 1.29 is 13.9 Å². The van der Waals surface area contributed by atoms with Crippen LogP contribution in [0.4, 0.5) is 10.2 Å². The molecule has 10 heteroatoms. The number of hydrogen-bond acceptors (Lipinski definition) is 6. The average molecular weight is 477 g/mol. The number of nitrogens with two attached hydrogens (primary N) is 1. The van der Waals surface area contributed by atoms with Gasteiger partial charge in [0.25, 0.3) is 5.91 Å². The molecule has 3 aromatic rings. The topological polar surface area (TPSA) is 97.8 Å². The molecule has 178 valence electrons. The molecule has 33 heavy (non-hydrogen) atoms. The molecule has 0 aliphatic carbocycles. The van der Waals surface area contributed by atoms with Crippen LogP contribution in [0.15, 0.2) is 18.5 Å². The van der Waals surface area contributed by atoms with Gasteiger partial charge in [-0.1, -0.05) is 18.5 Å². The molecule has 2 heterocycles. The van der Waals surface area contributed by atoms with Gasteiger partial charge in [-0.05, 0) is 40.9 Å². The summed E-state index contributed by atoms with van der Waals surface area (Å²) in [6, 6.07) is 1.50. The Hall–Kier alpha value is -2.91. The molecule has 0 fully saturated rings. The van der Waals surface area contributed by atoms with Crippen LogP contribution in [0.2, 0.25) is 5.02 Å². The number of ether oxygens (including phenoxy) is 1. The number of carbonyl (C=O) groups excluding carboxylic acids is 1. The number of imidazole rings is 1. The molecule has 1 amide bonds. The Kier molecular flexibility index (Phi) is 7.44.